The highest BCUT2D eigenvalue weighted by Crippen LogP contribution is 2.23. The van der Waals surface area contributed by atoms with E-state index in [0.29, 0.717) is 5.56 Å². The Hall–Kier alpha value is -2.11. The van der Waals surface area contributed by atoms with Crippen molar-refractivity contribution >= 4 is 5.91 Å². The van der Waals surface area contributed by atoms with Crippen LogP contribution in [0.3, 0.4) is 0 Å². The highest BCUT2D eigenvalue weighted by molar-refractivity contribution is 5.95. The largest absolute Gasteiger partial charge is 0.461 e. The average Bonchev–Trinajstić information content (AvgIpc) is 3.06. The molecule has 0 aliphatic carbocycles. The summed E-state index contributed by atoms with van der Waals surface area (Å²) in [5, 5.41) is 0. The number of furan rings is 1. The number of nitrogens with zero attached hydrogens (tertiary/aromatic N) is 2. The molecule has 1 aliphatic rings. The Kier molecular flexibility index (Phi) is 5.33. The molecule has 0 spiro atoms. The molecule has 5 nitrogen and oxygen atoms in total. The Bertz CT molecular complexity index is 687. The molecule has 1 aromatic carbocycles. The van der Waals surface area contributed by atoms with E-state index in [2.05, 4.69) is 4.90 Å². The fourth-order valence-corrected chi connectivity index (χ4v) is 2.97. The lowest BCUT2D eigenvalue weighted by Gasteiger charge is -2.34. The van der Waals surface area contributed by atoms with Crippen molar-refractivity contribution in [2.45, 2.75) is 6.92 Å². The molecule has 0 unspecified atom stereocenters. The number of hydrogen-bond donors (Lipinski definition) is 0. The van der Waals surface area contributed by atoms with Gasteiger partial charge in [-0.3, -0.25) is 9.69 Å². The van der Waals surface area contributed by atoms with Gasteiger partial charge in [-0.2, -0.15) is 0 Å². The summed E-state index contributed by atoms with van der Waals surface area (Å²) in [7, 11) is 1.72. The second kappa shape index (κ2) is 7.64. The van der Waals surface area contributed by atoms with E-state index in [4.69, 9.17) is 9.15 Å². The fourth-order valence-electron chi connectivity index (χ4n) is 2.97. The molecule has 1 aromatic heterocycles. The Morgan fingerprint density at radius 2 is 1.96 bits per heavy atom. The lowest BCUT2D eigenvalue weighted by molar-refractivity contribution is 0.0594. The van der Waals surface area contributed by atoms with Gasteiger partial charge >= 0.3 is 0 Å². The number of amides is 1. The van der Waals surface area contributed by atoms with Crippen LogP contribution in [0, 0.1) is 6.92 Å². The van der Waals surface area contributed by atoms with E-state index in [9.17, 15) is 4.79 Å². The third kappa shape index (κ3) is 3.86. The molecule has 2 aromatic rings. The molecule has 0 bridgehead atoms. The molecular weight excluding hydrogens is 304 g/mol. The number of ether oxygens (including phenoxy) is 1. The number of carbonyl (C=O) groups is 1. The van der Waals surface area contributed by atoms with Gasteiger partial charge in [-0.1, -0.05) is 12.1 Å². The maximum absolute atomic E-state index is 12.8. The maximum Gasteiger partial charge on any atom is 0.253 e. The van der Waals surface area contributed by atoms with Crippen LogP contribution in [0.4, 0.5) is 0 Å². The summed E-state index contributed by atoms with van der Waals surface area (Å²) >= 11 is 0. The molecule has 5 heteroatoms. The van der Waals surface area contributed by atoms with Gasteiger partial charge in [-0.05, 0) is 31.2 Å². The maximum atomic E-state index is 12.8. The quantitative estimate of drug-likeness (QED) is 0.846. The van der Waals surface area contributed by atoms with Gasteiger partial charge in [0, 0.05) is 51.0 Å². The highest BCUT2D eigenvalue weighted by Gasteiger charge is 2.22. The number of aryl methyl sites for hydroxylation is 1. The smallest absolute Gasteiger partial charge is 0.253 e. The molecule has 0 N–H and O–H groups in total. The zero-order valence-electron chi connectivity index (χ0n) is 14.3. The molecule has 0 saturated carbocycles. The lowest BCUT2D eigenvalue weighted by Crippen LogP contribution is -2.49. The van der Waals surface area contributed by atoms with Gasteiger partial charge in [0.2, 0.25) is 0 Å². The number of methoxy groups -OCH3 is 1. The van der Waals surface area contributed by atoms with E-state index in [0.717, 1.165) is 56.4 Å². The fraction of sp³-hybridized carbons (Fsp3) is 0.421. The second-order valence-electron chi connectivity index (χ2n) is 6.12. The first-order chi connectivity index (χ1) is 11.7. The monoisotopic (exact) mass is 328 g/mol. The van der Waals surface area contributed by atoms with E-state index in [-0.39, 0.29) is 5.91 Å². The normalized spacial score (nSPS) is 15.7. The molecule has 0 atom stereocenters. The van der Waals surface area contributed by atoms with Crippen molar-refractivity contribution in [3.63, 3.8) is 0 Å². The molecule has 24 heavy (non-hydrogen) atoms. The Balaban J connectivity index is 1.65. The molecule has 128 valence electrons. The third-order valence-electron chi connectivity index (χ3n) is 4.41. The molecule has 1 fully saturated rings. The minimum absolute atomic E-state index is 0.0894. The summed E-state index contributed by atoms with van der Waals surface area (Å²) < 4.78 is 10.8. The van der Waals surface area contributed by atoms with Crippen LogP contribution < -0.4 is 0 Å². The Morgan fingerprint density at radius 3 is 2.62 bits per heavy atom. The van der Waals surface area contributed by atoms with E-state index < -0.39 is 0 Å². The first-order valence-electron chi connectivity index (χ1n) is 8.35. The summed E-state index contributed by atoms with van der Waals surface area (Å²) in [6.45, 7) is 6.88. The van der Waals surface area contributed by atoms with Crippen LogP contribution in [-0.4, -0.2) is 62.1 Å². The number of benzene rings is 1. The first kappa shape index (κ1) is 16.7. The van der Waals surface area contributed by atoms with Gasteiger partial charge in [0.1, 0.15) is 11.5 Å². The van der Waals surface area contributed by atoms with Crippen molar-refractivity contribution in [2.24, 2.45) is 0 Å². The van der Waals surface area contributed by atoms with E-state index in [1.54, 1.807) is 7.11 Å². The molecule has 0 radical (unpaired) electrons. The summed E-state index contributed by atoms with van der Waals surface area (Å²) in [5.41, 5.74) is 1.65. The van der Waals surface area contributed by atoms with Gasteiger partial charge in [0.15, 0.2) is 0 Å². The van der Waals surface area contributed by atoms with Crippen molar-refractivity contribution in [3.05, 3.63) is 47.7 Å². The van der Waals surface area contributed by atoms with E-state index >= 15 is 0 Å². The molecule has 1 amide bonds. The Labute approximate surface area is 142 Å². The number of hydrogen-bond acceptors (Lipinski definition) is 4. The minimum Gasteiger partial charge on any atom is -0.461 e. The van der Waals surface area contributed by atoms with E-state index in [1.807, 2.05) is 48.2 Å². The molecule has 2 heterocycles. The van der Waals surface area contributed by atoms with Crippen LogP contribution >= 0.6 is 0 Å². The minimum atomic E-state index is 0.0894. The summed E-state index contributed by atoms with van der Waals surface area (Å²) in [6.07, 6.45) is 0. The first-order valence-corrected chi connectivity index (χ1v) is 8.35. The SMILES string of the molecule is COCCN1CCN(C(=O)c2cccc(-c3ccc(C)o3)c2)CC1. The van der Waals surface area contributed by atoms with E-state index in [1.165, 1.54) is 0 Å². The van der Waals surface area contributed by atoms with Gasteiger partial charge in [-0.15, -0.1) is 0 Å². The zero-order chi connectivity index (χ0) is 16.9. The molecule has 3 rings (SSSR count). The molecular formula is C19H24N2O3. The van der Waals surface area contributed by atoms with Crippen molar-refractivity contribution in [3.8, 4) is 11.3 Å². The summed E-state index contributed by atoms with van der Waals surface area (Å²) in [5.74, 6) is 1.76. The van der Waals surface area contributed by atoms with Crippen LogP contribution in [0.15, 0.2) is 40.8 Å². The second-order valence-corrected chi connectivity index (χ2v) is 6.12. The number of piperazine rings is 1. The van der Waals surface area contributed by atoms with Crippen molar-refractivity contribution < 1.29 is 13.9 Å². The van der Waals surface area contributed by atoms with Gasteiger partial charge in [0.25, 0.3) is 5.91 Å². The predicted molar refractivity (Wildman–Crippen MR) is 93.1 cm³/mol. The van der Waals surface area contributed by atoms with Gasteiger partial charge in [0.05, 0.1) is 6.61 Å². The van der Waals surface area contributed by atoms with Crippen molar-refractivity contribution in [1.29, 1.82) is 0 Å². The van der Waals surface area contributed by atoms with Crippen molar-refractivity contribution in [1.82, 2.24) is 9.80 Å². The third-order valence-corrected chi connectivity index (χ3v) is 4.41. The van der Waals surface area contributed by atoms with Gasteiger partial charge < -0.3 is 14.1 Å². The van der Waals surface area contributed by atoms with Crippen LogP contribution in [-0.2, 0) is 4.74 Å². The average molecular weight is 328 g/mol. The van der Waals surface area contributed by atoms with Crippen molar-refractivity contribution in [2.75, 3.05) is 46.4 Å². The summed E-state index contributed by atoms with van der Waals surface area (Å²) in [6, 6.07) is 11.5. The lowest BCUT2D eigenvalue weighted by atomic mass is 10.1. The number of rotatable bonds is 5. The Morgan fingerprint density at radius 1 is 1.17 bits per heavy atom. The van der Waals surface area contributed by atoms with Crippen LogP contribution in [0.25, 0.3) is 11.3 Å². The molecule has 1 saturated heterocycles. The standard InChI is InChI=1S/C19H24N2O3/c1-15-6-7-18(24-15)16-4-3-5-17(14-16)19(22)21-10-8-20(9-11-21)12-13-23-2/h3-7,14H,8-13H2,1-2H3. The topological polar surface area (TPSA) is 45.9 Å². The van der Waals surface area contributed by atoms with Crippen LogP contribution in [0.1, 0.15) is 16.1 Å². The summed E-state index contributed by atoms with van der Waals surface area (Å²) in [4.78, 5) is 17.0. The van der Waals surface area contributed by atoms with Crippen LogP contribution in [0.5, 0.6) is 0 Å². The predicted octanol–water partition coefficient (Wildman–Crippen LogP) is 2.66. The zero-order valence-corrected chi connectivity index (χ0v) is 14.3. The van der Waals surface area contributed by atoms with Gasteiger partial charge in [-0.25, -0.2) is 0 Å². The van der Waals surface area contributed by atoms with Crippen LogP contribution in [0.2, 0.25) is 0 Å². The molecule has 1 aliphatic heterocycles. The number of carbonyl (C=O) groups excluding carboxylic acids is 1. The highest BCUT2D eigenvalue weighted by atomic mass is 16.5.